The Bertz CT molecular complexity index is 1230. The van der Waals surface area contributed by atoms with Crippen LogP contribution in [0.5, 0.6) is 0 Å². The lowest BCUT2D eigenvalue weighted by molar-refractivity contribution is 0.122. The van der Waals surface area contributed by atoms with E-state index >= 15 is 0 Å². The molecule has 8 nitrogen and oxygen atoms in total. The second kappa shape index (κ2) is 9.07. The summed E-state index contributed by atoms with van der Waals surface area (Å²) in [6.07, 6.45) is 7.28. The summed E-state index contributed by atoms with van der Waals surface area (Å²) >= 11 is 0. The Morgan fingerprint density at radius 3 is 2.62 bits per heavy atom. The number of aryl methyl sites for hydroxylation is 1. The van der Waals surface area contributed by atoms with Crippen LogP contribution in [0.3, 0.4) is 0 Å². The number of aromatic nitrogens is 6. The Morgan fingerprint density at radius 2 is 1.81 bits per heavy atom. The van der Waals surface area contributed by atoms with Gasteiger partial charge in [-0.1, -0.05) is 23.8 Å². The van der Waals surface area contributed by atoms with Crippen LogP contribution in [0.15, 0.2) is 60.9 Å². The number of anilines is 1. The number of nitrogens with zero attached hydrogens (tertiary/aromatic N) is 7. The SMILES string of the molecule is Cc1cccc(-c2ccn(-c3cc(N4CCOCC4)nc(/C=C/c4cccnn4)n3)n2)c1. The van der Waals surface area contributed by atoms with Crippen LogP contribution < -0.4 is 4.90 Å². The Labute approximate surface area is 186 Å². The average molecular weight is 425 g/mol. The zero-order valence-electron chi connectivity index (χ0n) is 17.8. The summed E-state index contributed by atoms with van der Waals surface area (Å²) in [7, 11) is 0. The Hall–Kier alpha value is -3.91. The molecule has 4 aromatic rings. The van der Waals surface area contributed by atoms with Crippen LogP contribution in [0.2, 0.25) is 0 Å². The summed E-state index contributed by atoms with van der Waals surface area (Å²) in [6, 6.07) is 16.0. The van der Waals surface area contributed by atoms with Gasteiger partial charge in [-0.15, -0.1) is 0 Å². The van der Waals surface area contributed by atoms with Gasteiger partial charge in [-0.3, -0.25) is 0 Å². The smallest absolute Gasteiger partial charge is 0.159 e. The van der Waals surface area contributed by atoms with E-state index in [0.717, 1.165) is 35.9 Å². The van der Waals surface area contributed by atoms with Gasteiger partial charge in [0.2, 0.25) is 0 Å². The monoisotopic (exact) mass is 425 g/mol. The fourth-order valence-electron chi connectivity index (χ4n) is 3.56. The summed E-state index contributed by atoms with van der Waals surface area (Å²) < 4.78 is 7.30. The predicted molar refractivity (Wildman–Crippen MR) is 123 cm³/mol. The van der Waals surface area contributed by atoms with Crippen molar-refractivity contribution in [3.63, 3.8) is 0 Å². The first kappa shape index (κ1) is 20.0. The van der Waals surface area contributed by atoms with E-state index in [-0.39, 0.29) is 0 Å². The van der Waals surface area contributed by atoms with Crippen LogP contribution in [0.1, 0.15) is 17.1 Å². The van der Waals surface area contributed by atoms with Gasteiger partial charge in [0.15, 0.2) is 11.6 Å². The largest absolute Gasteiger partial charge is 0.378 e. The lowest BCUT2D eigenvalue weighted by Crippen LogP contribution is -2.37. The fraction of sp³-hybridized carbons (Fsp3) is 0.208. The predicted octanol–water partition coefficient (Wildman–Crippen LogP) is 3.43. The molecule has 1 fully saturated rings. The molecule has 3 aromatic heterocycles. The van der Waals surface area contributed by atoms with Crippen molar-refractivity contribution in [3.05, 3.63) is 78.0 Å². The number of rotatable bonds is 5. The van der Waals surface area contributed by atoms with Crippen LogP contribution >= 0.6 is 0 Å². The van der Waals surface area contributed by atoms with E-state index < -0.39 is 0 Å². The summed E-state index contributed by atoms with van der Waals surface area (Å²) in [4.78, 5) is 11.7. The molecule has 5 rings (SSSR count). The normalized spacial score (nSPS) is 14.2. The molecule has 1 aromatic carbocycles. The molecule has 1 saturated heterocycles. The zero-order valence-corrected chi connectivity index (χ0v) is 17.8. The molecule has 1 aliphatic rings. The third kappa shape index (κ3) is 4.55. The molecular formula is C24H23N7O. The van der Waals surface area contributed by atoms with Crippen molar-refractivity contribution < 1.29 is 4.74 Å². The quantitative estimate of drug-likeness (QED) is 0.484. The van der Waals surface area contributed by atoms with Crippen molar-refractivity contribution in [3.8, 4) is 17.1 Å². The Morgan fingerprint density at radius 1 is 0.938 bits per heavy atom. The number of morpholine rings is 1. The molecule has 0 aliphatic carbocycles. The average Bonchev–Trinajstić information content (AvgIpc) is 3.34. The highest BCUT2D eigenvalue weighted by atomic mass is 16.5. The maximum Gasteiger partial charge on any atom is 0.159 e. The van der Waals surface area contributed by atoms with Crippen molar-refractivity contribution in [1.82, 2.24) is 29.9 Å². The third-order valence-electron chi connectivity index (χ3n) is 5.19. The van der Waals surface area contributed by atoms with Crippen molar-refractivity contribution in [1.29, 1.82) is 0 Å². The molecule has 0 amide bonds. The van der Waals surface area contributed by atoms with Crippen molar-refractivity contribution in [2.45, 2.75) is 6.92 Å². The van der Waals surface area contributed by atoms with E-state index in [9.17, 15) is 0 Å². The Balaban J connectivity index is 1.51. The van der Waals surface area contributed by atoms with Crippen molar-refractivity contribution >= 4 is 18.0 Å². The van der Waals surface area contributed by atoms with E-state index in [1.54, 1.807) is 10.9 Å². The topological polar surface area (TPSA) is 81.9 Å². The van der Waals surface area contributed by atoms with Gasteiger partial charge in [-0.05, 0) is 43.3 Å². The highest BCUT2D eigenvalue weighted by Gasteiger charge is 2.16. The van der Waals surface area contributed by atoms with Crippen molar-refractivity contribution in [2.24, 2.45) is 0 Å². The van der Waals surface area contributed by atoms with Gasteiger partial charge < -0.3 is 9.64 Å². The molecule has 1 aliphatic heterocycles. The van der Waals surface area contributed by atoms with Crippen LogP contribution in [0, 0.1) is 6.92 Å². The minimum Gasteiger partial charge on any atom is -0.378 e. The standard InChI is InChI=1S/C24H23N7O/c1-18-4-2-5-19(16-18)21-9-11-31(29-21)24-17-23(30-12-14-32-15-13-30)26-22(27-24)8-7-20-6-3-10-25-28-20/h2-11,16-17H,12-15H2,1H3/b8-7+. The molecular weight excluding hydrogens is 402 g/mol. The van der Waals surface area contributed by atoms with E-state index in [1.807, 2.05) is 48.7 Å². The fourth-order valence-corrected chi connectivity index (χ4v) is 3.56. The maximum atomic E-state index is 5.50. The van der Waals surface area contributed by atoms with Crippen LogP contribution in [-0.2, 0) is 4.74 Å². The van der Waals surface area contributed by atoms with Crippen LogP contribution in [-0.4, -0.2) is 56.2 Å². The zero-order chi connectivity index (χ0) is 21.8. The molecule has 8 heteroatoms. The summed E-state index contributed by atoms with van der Waals surface area (Å²) in [6.45, 7) is 5.02. The lowest BCUT2D eigenvalue weighted by atomic mass is 10.1. The molecule has 160 valence electrons. The molecule has 32 heavy (non-hydrogen) atoms. The maximum absolute atomic E-state index is 5.50. The molecule has 0 spiro atoms. The first-order valence-electron chi connectivity index (χ1n) is 10.6. The van der Waals surface area contributed by atoms with Gasteiger partial charge in [0.1, 0.15) is 5.82 Å². The minimum atomic E-state index is 0.585. The first-order chi connectivity index (χ1) is 15.7. The van der Waals surface area contributed by atoms with Crippen LogP contribution in [0.25, 0.3) is 29.2 Å². The van der Waals surface area contributed by atoms with Gasteiger partial charge >= 0.3 is 0 Å². The van der Waals surface area contributed by atoms with E-state index in [2.05, 4.69) is 40.2 Å². The third-order valence-corrected chi connectivity index (χ3v) is 5.19. The van der Waals surface area contributed by atoms with Crippen molar-refractivity contribution in [2.75, 3.05) is 31.2 Å². The van der Waals surface area contributed by atoms with Crippen LogP contribution in [0.4, 0.5) is 5.82 Å². The molecule has 0 radical (unpaired) electrons. The lowest BCUT2D eigenvalue weighted by Gasteiger charge is -2.28. The van der Waals surface area contributed by atoms with Gasteiger partial charge in [0, 0.05) is 37.1 Å². The molecule has 0 saturated carbocycles. The molecule has 0 bridgehead atoms. The Kier molecular flexibility index (Phi) is 5.67. The highest BCUT2D eigenvalue weighted by molar-refractivity contribution is 5.66. The molecule has 0 N–H and O–H groups in total. The number of benzene rings is 1. The summed E-state index contributed by atoms with van der Waals surface area (Å²) in [5.74, 6) is 2.14. The van der Waals surface area contributed by atoms with E-state index in [0.29, 0.717) is 24.9 Å². The first-order valence-corrected chi connectivity index (χ1v) is 10.6. The summed E-state index contributed by atoms with van der Waals surface area (Å²) in [5, 5.41) is 12.8. The summed E-state index contributed by atoms with van der Waals surface area (Å²) in [5.41, 5.74) is 3.92. The second-order valence-corrected chi connectivity index (χ2v) is 7.54. The van der Waals surface area contributed by atoms with Gasteiger partial charge in [-0.25, -0.2) is 14.6 Å². The van der Waals surface area contributed by atoms with Gasteiger partial charge in [0.05, 0.1) is 24.6 Å². The number of hydrogen-bond donors (Lipinski definition) is 0. The highest BCUT2D eigenvalue weighted by Crippen LogP contribution is 2.22. The second-order valence-electron chi connectivity index (χ2n) is 7.54. The van der Waals surface area contributed by atoms with Gasteiger partial charge in [0.25, 0.3) is 0 Å². The molecule has 0 atom stereocenters. The van der Waals surface area contributed by atoms with E-state index in [1.165, 1.54) is 5.56 Å². The number of hydrogen-bond acceptors (Lipinski definition) is 7. The molecule has 0 unspecified atom stereocenters. The minimum absolute atomic E-state index is 0.585. The number of ether oxygens (including phenoxy) is 1. The molecule has 4 heterocycles. The van der Waals surface area contributed by atoms with Gasteiger partial charge in [-0.2, -0.15) is 15.3 Å². The van der Waals surface area contributed by atoms with E-state index in [4.69, 9.17) is 19.8 Å².